The standard InChI is InChI=1S/C20H24N3O3S/c1-16-4-8-18(9-5-16)21-27(25,26)19-10-6-17(7-11-19)20(24)23-13-3-12-22(2)14-15-23/h4-11H,3,12-15H2,1-2H3/q-1/p+1. The lowest BCUT2D eigenvalue weighted by atomic mass is 10.2. The number of quaternary nitrogens is 1. The van der Waals surface area contributed by atoms with E-state index in [4.69, 9.17) is 0 Å². The highest BCUT2D eigenvalue weighted by atomic mass is 32.2. The van der Waals surface area contributed by atoms with Crippen molar-refractivity contribution >= 4 is 21.6 Å². The van der Waals surface area contributed by atoms with Gasteiger partial charge in [-0.05, 0) is 31.2 Å². The molecule has 144 valence electrons. The van der Waals surface area contributed by atoms with Crippen molar-refractivity contribution in [3.8, 4) is 0 Å². The number of hydrogen-bond donors (Lipinski definition) is 1. The zero-order chi connectivity index (χ0) is 19.4. The summed E-state index contributed by atoms with van der Waals surface area (Å²) in [5, 5.41) is 0. The van der Waals surface area contributed by atoms with E-state index in [9.17, 15) is 13.2 Å². The molecule has 1 N–H and O–H groups in total. The molecule has 0 bridgehead atoms. The number of likely N-dealkylation sites (N-methyl/N-ethyl adjacent to an activating group) is 1. The fraction of sp³-hybridized carbons (Fsp3) is 0.350. The topological polar surface area (TPSA) is 73.0 Å². The molecule has 1 amide bonds. The summed E-state index contributed by atoms with van der Waals surface area (Å²) in [6, 6.07) is 13.0. The molecule has 7 heteroatoms. The van der Waals surface area contributed by atoms with Crippen molar-refractivity contribution in [2.24, 2.45) is 0 Å². The van der Waals surface area contributed by atoms with E-state index in [2.05, 4.69) is 11.8 Å². The van der Waals surface area contributed by atoms with E-state index in [1.807, 2.05) is 24.0 Å². The minimum absolute atomic E-state index is 0.0517. The van der Waals surface area contributed by atoms with Crippen LogP contribution >= 0.6 is 0 Å². The highest BCUT2D eigenvalue weighted by Crippen LogP contribution is 2.28. The molecule has 3 rings (SSSR count). The first-order valence-electron chi connectivity index (χ1n) is 9.10. The van der Waals surface area contributed by atoms with Gasteiger partial charge in [-0.2, -0.15) is 0 Å². The van der Waals surface area contributed by atoms with Gasteiger partial charge in [0, 0.05) is 18.5 Å². The maximum Gasteiger partial charge on any atom is 0.254 e. The summed E-state index contributed by atoms with van der Waals surface area (Å²) in [5.41, 5.74) is 1.93. The van der Waals surface area contributed by atoms with Gasteiger partial charge in [-0.3, -0.25) is 4.79 Å². The number of carbonyl (C=O) groups is 1. The van der Waals surface area contributed by atoms with Crippen molar-refractivity contribution in [2.75, 3.05) is 33.2 Å². The van der Waals surface area contributed by atoms with Crippen molar-refractivity contribution in [3.05, 3.63) is 64.4 Å². The lowest BCUT2D eigenvalue weighted by Crippen LogP contribution is -3.09. The van der Waals surface area contributed by atoms with Crippen molar-refractivity contribution in [1.29, 1.82) is 0 Å². The summed E-state index contributed by atoms with van der Waals surface area (Å²) in [5.74, 6) is -0.0517. The molecular weight excluding hydrogens is 362 g/mol. The SMILES string of the molecule is Cc1ccc([N-]S(=O)(=O)c2ccc(C(=O)N3CCC[NH+](C)CC3)cc2)cc1. The highest BCUT2D eigenvalue weighted by Gasteiger charge is 2.20. The van der Waals surface area contributed by atoms with E-state index in [1.165, 1.54) is 17.0 Å². The Kier molecular flexibility index (Phi) is 5.82. The molecule has 0 spiro atoms. The molecule has 0 saturated carbocycles. The van der Waals surface area contributed by atoms with Crippen LogP contribution in [0.5, 0.6) is 0 Å². The Hall–Kier alpha value is -2.38. The molecule has 2 aromatic carbocycles. The number of benzene rings is 2. The smallest absolute Gasteiger partial charge is 0.254 e. The average molecular weight is 388 g/mol. The first-order chi connectivity index (χ1) is 12.8. The predicted octanol–water partition coefficient (Wildman–Crippen LogP) is 1.75. The number of rotatable bonds is 4. The Balaban J connectivity index is 1.72. The molecule has 6 nitrogen and oxygen atoms in total. The van der Waals surface area contributed by atoms with Crippen molar-refractivity contribution in [1.82, 2.24) is 4.90 Å². The first-order valence-corrected chi connectivity index (χ1v) is 10.5. The number of carbonyl (C=O) groups excluding carboxylic acids is 1. The van der Waals surface area contributed by atoms with Gasteiger partial charge in [0.25, 0.3) is 5.91 Å². The third-order valence-corrected chi connectivity index (χ3v) is 6.11. The number of hydrogen-bond acceptors (Lipinski definition) is 3. The van der Waals surface area contributed by atoms with Gasteiger partial charge in [-0.25, -0.2) is 8.42 Å². The number of sulfonamides is 1. The maximum atomic E-state index is 12.7. The Morgan fingerprint density at radius 1 is 1.00 bits per heavy atom. The van der Waals surface area contributed by atoms with Crippen LogP contribution in [-0.2, 0) is 10.0 Å². The lowest BCUT2D eigenvalue weighted by molar-refractivity contribution is -0.877. The normalized spacial score (nSPS) is 18.0. The highest BCUT2D eigenvalue weighted by molar-refractivity contribution is 7.94. The molecule has 1 saturated heterocycles. The predicted molar refractivity (Wildman–Crippen MR) is 105 cm³/mol. The van der Waals surface area contributed by atoms with E-state index >= 15 is 0 Å². The van der Waals surface area contributed by atoms with Crippen LogP contribution in [-0.4, -0.2) is 52.5 Å². The van der Waals surface area contributed by atoms with Crippen molar-refractivity contribution in [2.45, 2.75) is 18.2 Å². The average Bonchev–Trinajstić information content (AvgIpc) is 2.87. The van der Waals surface area contributed by atoms with Gasteiger partial charge < -0.3 is 14.5 Å². The van der Waals surface area contributed by atoms with Gasteiger partial charge >= 0.3 is 0 Å². The zero-order valence-corrected chi connectivity index (χ0v) is 16.5. The van der Waals surface area contributed by atoms with Crippen LogP contribution in [0.15, 0.2) is 53.4 Å². The van der Waals surface area contributed by atoms with Crippen LogP contribution in [0, 0.1) is 6.92 Å². The van der Waals surface area contributed by atoms with Gasteiger partial charge in [0.05, 0.1) is 31.6 Å². The molecule has 1 atom stereocenters. The zero-order valence-electron chi connectivity index (χ0n) is 15.7. The Labute approximate surface area is 160 Å². The minimum Gasteiger partial charge on any atom is -0.573 e. The monoisotopic (exact) mass is 387 g/mol. The second-order valence-electron chi connectivity index (χ2n) is 7.03. The second kappa shape index (κ2) is 8.10. The molecule has 1 aliphatic heterocycles. The summed E-state index contributed by atoms with van der Waals surface area (Å²) >= 11 is 0. The third kappa shape index (κ3) is 4.87. The summed E-state index contributed by atoms with van der Waals surface area (Å²) in [4.78, 5) is 16.0. The van der Waals surface area contributed by atoms with E-state index in [0.29, 0.717) is 17.8 Å². The van der Waals surface area contributed by atoms with E-state index in [1.54, 1.807) is 24.3 Å². The van der Waals surface area contributed by atoms with Crippen LogP contribution in [0.25, 0.3) is 4.72 Å². The van der Waals surface area contributed by atoms with Crippen LogP contribution in [0.4, 0.5) is 5.69 Å². The molecule has 2 aromatic rings. The Morgan fingerprint density at radius 2 is 1.67 bits per heavy atom. The van der Waals surface area contributed by atoms with E-state index in [0.717, 1.165) is 31.6 Å². The molecule has 0 aromatic heterocycles. The number of aryl methyl sites for hydroxylation is 1. The van der Waals surface area contributed by atoms with Crippen LogP contribution in [0.3, 0.4) is 0 Å². The number of amides is 1. The quantitative estimate of drug-likeness (QED) is 0.869. The second-order valence-corrected chi connectivity index (χ2v) is 8.63. The van der Waals surface area contributed by atoms with E-state index in [-0.39, 0.29) is 10.8 Å². The maximum absolute atomic E-state index is 12.7. The molecule has 0 radical (unpaired) electrons. The van der Waals surface area contributed by atoms with Crippen molar-refractivity contribution < 1.29 is 18.1 Å². The molecule has 27 heavy (non-hydrogen) atoms. The van der Waals surface area contributed by atoms with Gasteiger partial charge in [0.15, 0.2) is 0 Å². The van der Waals surface area contributed by atoms with Crippen LogP contribution < -0.4 is 4.90 Å². The third-order valence-electron chi connectivity index (χ3n) is 4.79. The Morgan fingerprint density at radius 3 is 2.33 bits per heavy atom. The van der Waals surface area contributed by atoms with E-state index < -0.39 is 10.0 Å². The van der Waals surface area contributed by atoms with Crippen LogP contribution in [0.1, 0.15) is 22.3 Å². The molecule has 1 unspecified atom stereocenters. The van der Waals surface area contributed by atoms with Gasteiger partial charge in [0.1, 0.15) is 10.0 Å². The summed E-state index contributed by atoms with van der Waals surface area (Å²) < 4.78 is 28.8. The number of nitrogens with one attached hydrogen (secondary N) is 1. The summed E-state index contributed by atoms with van der Waals surface area (Å²) in [6.07, 6.45) is 0.972. The van der Waals surface area contributed by atoms with Gasteiger partial charge in [-0.15, -0.1) is 5.69 Å². The summed E-state index contributed by atoms with van der Waals surface area (Å²) in [6.45, 7) is 5.36. The largest absolute Gasteiger partial charge is 0.573 e. The molecule has 1 heterocycles. The molecule has 1 fully saturated rings. The first kappa shape index (κ1) is 19.4. The molecule has 0 aliphatic carbocycles. The minimum atomic E-state index is -3.81. The van der Waals surface area contributed by atoms with Crippen LogP contribution in [0.2, 0.25) is 0 Å². The summed E-state index contributed by atoms with van der Waals surface area (Å²) in [7, 11) is -1.68. The van der Waals surface area contributed by atoms with Gasteiger partial charge in [-0.1, -0.05) is 29.8 Å². The molecule has 1 aliphatic rings. The molecular formula is C20H25N3O3S. The van der Waals surface area contributed by atoms with Crippen molar-refractivity contribution in [3.63, 3.8) is 0 Å². The Bertz CT molecular complexity index is 893. The fourth-order valence-electron chi connectivity index (χ4n) is 3.09. The lowest BCUT2D eigenvalue weighted by Gasteiger charge is -2.22. The number of nitrogens with zero attached hydrogens (tertiary/aromatic N) is 2. The fourth-order valence-corrected chi connectivity index (χ4v) is 4.07. The van der Waals surface area contributed by atoms with Gasteiger partial charge in [0.2, 0.25) is 0 Å².